The highest BCUT2D eigenvalue weighted by Gasteiger charge is 2.09. The predicted molar refractivity (Wildman–Crippen MR) is 42.0 cm³/mol. The molecule has 0 fully saturated rings. The number of halogens is 1. The van der Waals surface area contributed by atoms with Crippen LogP contribution in [-0.4, -0.2) is 19.7 Å². The molecule has 0 aliphatic heterocycles. The van der Waals surface area contributed by atoms with E-state index in [4.69, 9.17) is 0 Å². The standard InChI is InChI=1S/C7H8FNO2S/c1-5-6(8)3-4-7(9-5)12(2,10)11/h3-4H,1-2H3. The molecule has 0 saturated heterocycles. The number of aryl methyl sites for hydroxylation is 1. The van der Waals surface area contributed by atoms with E-state index in [1.165, 1.54) is 6.92 Å². The third kappa shape index (κ3) is 1.79. The Morgan fingerprint density at radius 2 is 2.00 bits per heavy atom. The monoisotopic (exact) mass is 189 g/mol. The molecule has 0 unspecified atom stereocenters. The number of aromatic nitrogens is 1. The molecule has 1 aromatic heterocycles. The first-order chi connectivity index (χ1) is 5.41. The minimum Gasteiger partial charge on any atom is -0.239 e. The summed E-state index contributed by atoms with van der Waals surface area (Å²) in [5.41, 5.74) is 0.0953. The maximum atomic E-state index is 12.6. The number of nitrogens with zero attached hydrogens (tertiary/aromatic N) is 1. The summed E-state index contributed by atoms with van der Waals surface area (Å²) in [5, 5.41) is -0.0959. The molecule has 0 bridgehead atoms. The van der Waals surface area contributed by atoms with Gasteiger partial charge in [0.25, 0.3) is 0 Å². The van der Waals surface area contributed by atoms with Gasteiger partial charge in [-0.1, -0.05) is 0 Å². The summed E-state index contributed by atoms with van der Waals surface area (Å²) in [6.45, 7) is 1.42. The third-order valence-electron chi connectivity index (χ3n) is 1.38. The number of hydrogen-bond donors (Lipinski definition) is 0. The highest BCUT2D eigenvalue weighted by Crippen LogP contribution is 2.08. The van der Waals surface area contributed by atoms with E-state index in [1.807, 2.05) is 0 Å². The van der Waals surface area contributed by atoms with Crippen LogP contribution in [0.25, 0.3) is 0 Å². The molecule has 0 saturated carbocycles. The molecule has 1 aromatic rings. The molecule has 0 aliphatic carbocycles. The maximum Gasteiger partial charge on any atom is 0.192 e. The molecular formula is C7H8FNO2S. The van der Waals surface area contributed by atoms with Gasteiger partial charge in [-0.05, 0) is 19.1 Å². The van der Waals surface area contributed by atoms with Gasteiger partial charge in [0, 0.05) is 6.26 Å². The number of hydrogen-bond acceptors (Lipinski definition) is 3. The van der Waals surface area contributed by atoms with Gasteiger partial charge in [-0.15, -0.1) is 0 Å². The van der Waals surface area contributed by atoms with Crippen molar-refractivity contribution in [1.82, 2.24) is 4.98 Å². The van der Waals surface area contributed by atoms with Crippen LogP contribution in [0.2, 0.25) is 0 Å². The highest BCUT2D eigenvalue weighted by molar-refractivity contribution is 7.90. The smallest absolute Gasteiger partial charge is 0.192 e. The minimum absolute atomic E-state index is 0.0953. The topological polar surface area (TPSA) is 47.0 Å². The van der Waals surface area contributed by atoms with Crippen molar-refractivity contribution in [1.29, 1.82) is 0 Å². The van der Waals surface area contributed by atoms with Crippen LogP contribution in [0.4, 0.5) is 4.39 Å². The van der Waals surface area contributed by atoms with Gasteiger partial charge < -0.3 is 0 Å². The van der Waals surface area contributed by atoms with Crippen LogP contribution in [0, 0.1) is 12.7 Å². The van der Waals surface area contributed by atoms with Crippen LogP contribution in [0.5, 0.6) is 0 Å². The van der Waals surface area contributed by atoms with E-state index in [9.17, 15) is 12.8 Å². The molecule has 12 heavy (non-hydrogen) atoms. The van der Waals surface area contributed by atoms with Gasteiger partial charge in [0.2, 0.25) is 0 Å². The lowest BCUT2D eigenvalue weighted by Gasteiger charge is -1.98. The first kappa shape index (κ1) is 9.12. The number of sulfone groups is 1. The Morgan fingerprint density at radius 3 is 2.42 bits per heavy atom. The summed E-state index contributed by atoms with van der Waals surface area (Å²) in [4.78, 5) is 3.58. The fourth-order valence-corrected chi connectivity index (χ4v) is 1.35. The van der Waals surface area contributed by atoms with Crippen molar-refractivity contribution in [3.05, 3.63) is 23.6 Å². The molecule has 0 spiro atoms. The van der Waals surface area contributed by atoms with E-state index in [-0.39, 0.29) is 10.7 Å². The first-order valence-electron chi connectivity index (χ1n) is 3.24. The zero-order valence-electron chi connectivity index (χ0n) is 6.70. The number of rotatable bonds is 1. The average Bonchev–Trinajstić information content (AvgIpc) is 1.92. The molecule has 0 N–H and O–H groups in total. The van der Waals surface area contributed by atoms with Crippen LogP contribution in [0.15, 0.2) is 17.2 Å². The van der Waals surface area contributed by atoms with Gasteiger partial charge in [-0.25, -0.2) is 17.8 Å². The molecule has 3 nitrogen and oxygen atoms in total. The van der Waals surface area contributed by atoms with Crippen LogP contribution < -0.4 is 0 Å². The van der Waals surface area contributed by atoms with Crippen molar-refractivity contribution < 1.29 is 12.8 Å². The molecule has 66 valence electrons. The lowest BCUT2D eigenvalue weighted by molar-refractivity contribution is 0.588. The van der Waals surface area contributed by atoms with E-state index >= 15 is 0 Å². The molecule has 0 amide bonds. The van der Waals surface area contributed by atoms with Crippen LogP contribution >= 0.6 is 0 Å². The summed E-state index contributed by atoms with van der Waals surface area (Å²) in [7, 11) is -3.32. The molecule has 0 aliphatic rings. The van der Waals surface area contributed by atoms with Gasteiger partial charge in [-0.3, -0.25) is 0 Å². The van der Waals surface area contributed by atoms with Crippen LogP contribution in [0.3, 0.4) is 0 Å². The minimum atomic E-state index is -3.32. The summed E-state index contributed by atoms with van der Waals surface area (Å²) in [5.74, 6) is -0.498. The zero-order chi connectivity index (χ0) is 9.35. The van der Waals surface area contributed by atoms with Crippen molar-refractivity contribution in [2.75, 3.05) is 6.26 Å². The van der Waals surface area contributed by atoms with Crippen LogP contribution in [-0.2, 0) is 9.84 Å². The van der Waals surface area contributed by atoms with Crippen molar-refractivity contribution in [3.63, 3.8) is 0 Å². The summed E-state index contributed by atoms with van der Waals surface area (Å²) < 4.78 is 34.5. The average molecular weight is 189 g/mol. The summed E-state index contributed by atoms with van der Waals surface area (Å²) in [6, 6.07) is 2.25. The van der Waals surface area contributed by atoms with Gasteiger partial charge >= 0.3 is 0 Å². The Morgan fingerprint density at radius 1 is 1.42 bits per heavy atom. The second-order valence-electron chi connectivity index (χ2n) is 2.49. The Labute approximate surface area is 70.2 Å². The van der Waals surface area contributed by atoms with E-state index in [2.05, 4.69) is 4.98 Å². The summed E-state index contributed by atoms with van der Waals surface area (Å²) in [6.07, 6.45) is 1.03. The first-order valence-corrected chi connectivity index (χ1v) is 5.13. The molecule has 1 heterocycles. The van der Waals surface area contributed by atoms with Crippen molar-refractivity contribution >= 4 is 9.84 Å². The lowest BCUT2D eigenvalue weighted by atomic mass is 10.4. The maximum absolute atomic E-state index is 12.6. The SMILES string of the molecule is Cc1nc(S(C)(=O)=O)ccc1F. The van der Waals surface area contributed by atoms with Gasteiger partial charge in [0.1, 0.15) is 5.82 Å². The predicted octanol–water partition coefficient (Wildman–Crippen LogP) is 0.933. The fraction of sp³-hybridized carbons (Fsp3) is 0.286. The van der Waals surface area contributed by atoms with Crippen molar-refractivity contribution in [2.45, 2.75) is 11.9 Å². The number of pyridine rings is 1. The van der Waals surface area contributed by atoms with E-state index in [0.717, 1.165) is 18.4 Å². The second kappa shape index (κ2) is 2.82. The normalized spacial score (nSPS) is 11.6. The van der Waals surface area contributed by atoms with Crippen LogP contribution in [0.1, 0.15) is 5.69 Å². The zero-order valence-corrected chi connectivity index (χ0v) is 7.52. The Balaban J connectivity index is 3.33. The Bertz CT molecular complexity index is 400. The molecule has 0 aromatic carbocycles. The Kier molecular flexibility index (Phi) is 2.14. The molecular weight excluding hydrogens is 181 g/mol. The van der Waals surface area contributed by atoms with Gasteiger partial charge in [-0.2, -0.15) is 0 Å². The van der Waals surface area contributed by atoms with Gasteiger partial charge in [0.15, 0.2) is 14.9 Å². The second-order valence-corrected chi connectivity index (χ2v) is 4.45. The van der Waals surface area contributed by atoms with E-state index in [0.29, 0.717) is 0 Å². The summed E-state index contributed by atoms with van der Waals surface area (Å²) >= 11 is 0. The quantitative estimate of drug-likeness (QED) is 0.660. The van der Waals surface area contributed by atoms with E-state index < -0.39 is 15.7 Å². The third-order valence-corrected chi connectivity index (χ3v) is 2.36. The molecule has 1 rings (SSSR count). The molecule has 0 atom stereocenters. The lowest BCUT2D eigenvalue weighted by Crippen LogP contribution is -2.02. The Hall–Kier alpha value is -0.970. The van der Waals surface area contributed by atoms with Gasteiger partial charge in [0.05, 0.1) is 5.69 Å². The highest BCUT2D eigenvalue weighted by atomic mass is 32.2. The fourth-order valence-electron chi connectivity index (χ4n) is 0.728. The molecule has 0 radical (unpaired) electrons. The van der Waals surface area contributed by atoms with E-state index in [1.54, 1.807) is 0 Å². The van der Waals surface area contributed by atoms with Crippen molar-refractivity contribution in [2.24, 2.45) is 0 Å². The largest absolute Gasteiger partial charge is 0.239 e. The van der Waals surface area contributed by atoms with Crippen molar-refractivity contribution in [3.8, 4) is 0 Å². The molecule has 5 heteroatoms.